The van der Waals surface area contributed by atoms with Crippen molar-refractivity contribution in [1.82, 2.24) is 4.98 Å². The van der Waals surface area contributed by atoms with Gasteiger partial charge in [0.15, 0.2) is 5.82 Å². The van der Waals surface area contributed by atoms with Gasteiger partial charge in [-0.15, -0.1) is 0 Å². The van der Waals surface area contributed by atoms with Gasteiger partial charge >= 0.3 is 0 Å². The quantitative estimate of drug-likeness (QED) is 0.848. The number of aromatic nitrogens is 1. The van der Waals surface area contributed by atoms with E-state index < -0.39 is 5.82 Å². The average Bonchev–Trinajstić information content (AvgIpc) is 2.37. The molecule has 0 spiro atoms. The Balaban J connectivity index is 2.34. The molecule has 0 aliphatic carbocycles. The summed E-state index contributed by atoms with van der Waals surface area (Å²) in [6.07, 6.45) is 1.68. The molecule has 19 heavy (non-hydrogen) atoms. The van der Waals surface area contributed by atoms with Crippen LogP contribution in [0.25, 0.3) is 0 Å². The number of anilines is 3. The number of hydrogen-bond acceptors (Lipinski definition) is 4. The van der Waals surface area contributed by atoms with Crippen molar-refractivity contribution < 1.29 is 4.39 Å². The van der Waals surface area contributed by atoms with Crippen LogP contribution in [0.2, 0.25) is 5.02 Å². The molecule has 1 heterocycles. The minimum atomic E-state index is -0.613. The van der Waals surface area contributed by atoms with Crippen LogP contribution >= 0.6 is 11.6 Å². The second-order valence-electron chi connectivity index (χ2n) is 4.21. The molecule has 0 aliphatic heterocycles. The first-order valence-corrected chi connectivity index (χ1v) is 6.02. The smallest absolute Gasteiger partial charge is 0.169 e. The molecule has 4 N–H and O–H groups in total. The monoisotopic (exact) mass is 280 g/mol. The van der Waals surface area contributed by atoms with Gasteiger partial charge in [0, 0.05) is 13.2 Å². The third-order valence-electron chi connectivity index (χ3n) is 2.75. The summed E-state index contributed by atoms with van der Waals surface area (Å²) in [6.45, 7) is 0.419. The lowest BCUT2D eigenvalue weighted by atomic mass is 10.2. The summed E-state index contributed by atoms with van der Waals surface area (Å²) in [7, 11) is 1.72. The van der Waals surface area contributed by atoms with Crippen molar-refractivity contribution in [2.45, 2.75) is 6.54 Å². The van der Waals surface area contributed by atoms with Crippen LogP contribution in [-0.4, -0.2) is 12.0 Å². The van der Waals surface area contributed by atoms with Gasteiger partial charge in [-0.05, 0) is 18.2 Å². The van der Waals surface area contributed by atoms with Crippen molar-refractivity contribution in [2.24, 2.45) is 0 Å². The standard InChI is InChI=1S/C13H14ClFN4/c1-19(7-8-4-2-3-5-18-8)13-10(17)6-9(16)11(14)12(13)15/h2-6H,7,16-17H2,1H3. The van der Waals surface area contributed by atoms with Crippen LogP contribution in [0.4, 0.5) is 21.5 Å². The lowest BCUT2D eigenvalue weighted by Crippen LogP contribution is -2.20. The summed E-state index contributed by atoms with van der Waals surface area (Å²) in [5, 5.41) is -0.114. The molecular formula is C13H14ClFN4. The third-order valence-corrected chi connectivity index (χ3v) is 3.13. The molecule has 100 valence electrons. The summed E-state index contributed by atoms with van der Waals surface area (Å²) in [6, 6.07) is 6.99. The second-order valence-corrected chi connectivity index (χ2v) is 4.59. The van der Waals surface area contributed by atoms with Crippen LogP contribution < -0.4 is 16.4 Å². The zero-order valence-electron chi connectivity index (χ0n) is 10.4. The van der Waals surface area contributed by atoms with E-state index in [1.807, 2.05) is 18.2 Å². The van der Waals surface area contributed by atoms with E-state index in [0.29, 0.717) is 6.54 Å². The highest BCUT2D eigenvalue weighted by molar-refractivity contribution is 6.33. The van der Waals surface area contributed by atoms with Gasteiger partial charge in [-0.1, -0.05) is 17.7 Å². The van der Waals surface area contributed by atoms with Crippen LogP contribution in [-0.2, 0) is 6.54 Å². The first-order valence-electron chi connectivity index (χ1n) is 5.64. The molecule has 4 nitrogen and oxygen atoms in total. The van der Waals surface area contributed by atoms with Gasteiger partial charge in [0.2, 0.25) is 0 Å². The summed E-state index contributed by atoms with van der Waals surface area (Å²) in [4.78, 5) is 5.83. The number of halogens is 2. The summed E-state index contributed by atoms with van der Waals surface area (Å²) >= 11 is 5.80. The number of rotatable bonds is 3. The van der Waals surface area contributed by atoms with Crippen molar-refractivity contribution in [3.8, 4) is 0 Å². The fraction of sp³-hybridized carbons (Fsp3) is 0.154. The Bertz CT molecular complexity index is 589. The Hall–Kier alpha value is -2.01. The minimum Gasteiger partial charge on any atom is -0.397 e. The molecular weight excluding hydrogens is 267 g/mol. The molecule has 2 aromatic rings. The molecule has 0 aliphatic rings. The maximum atomic E-state index is 14.1. The molecule has 1 aromatic heterocycles. The fourth-order valence-electron chi connectivity index (χ4n) is 1.86. The molecule has 2 rings (SSSR count). The van der Waals surface area contributed by atoms with Gasteiger partial charge in [0.25, 0.3) is 0 Å². The zero-order valence-corrected chi connectivity index (χ0v) is 11.2. The first-order chi connectivity index (χ1) is 9.00. The van der Waals surface area contributed by atoms with Crippen molar-refractivity contribution in [3.05, 3.63) is 47.0 Å². The molecule has 0 fully saturated rings. The summed E-state index contributed by atoms with van der Waals surface area (Å²) in [5.41, 5.74) is 12.8. The van der Waals surface area contributed by atoms with E-state index in [1.165, 1.54) is 6.07 Å². The van der Waals surface area contributed by atoms with E-state index in [-0.39, 0.29) is 22.1 Å². The Kier molecular flexibility index (Phi) is 3.76. The van der Waals surface area contributed by atoms with Gasteiger partial charge < -0.3 is 16.4 Å². The van der Waals surface area contributed by atoms with Crippen LogP contribution in [0.5, 0.6) is 0 Å². The van der Waals surface area contributed by atoms with Gasteiger partial charge in [0.05, 0.1) is 29.3 Å². The predicted octanol–water partition coefficient (Wildman–Crippen LogP) is 2.67. The van der Waals surface area contributed by atoms with E-state index in [1.54, 1.807) is 18.1 Å². The van der Waals surface area contributed by atoms with E-state index in [2.05, 4.69) is 4.98 Å². The molecule has 0 saturated heterocycles. The molecule has 0 saturated carbocycles. The topological polar surface area (TPSA) is 68.2 Å². The number of nitrogens with two attached hydrogens (primary N) is 2. The molecule has 0 atom stereocenters. The van der Waals surface area contributed by atoms with Gasteiger partial charge in [-0.2, -0.15) is 0 Å². The highest BCUT2D eigenvalue weighted by Gasteiger charge is 2.18. The molecule has 1 aromatic carbocycles. The van der Waals surface area contributed by atoms with Crippen molar-refractivity contribution in [1.29, 1.82) is 0 Å². The summed E-state index contributed by atoms with van der Waals surface area (Å²) < 4.78 is 14.1. The molecule has 0 amide bonds. The van der Waals surface area contributed by atoms with Crippen LogP contribution in [0.15, 0.2) is 30.5 Å². The fourth-order valence-corrected chi connectivity index (χ4v) is 2.00. The van der Waals surface area contributed by atoms with Gasteiger partial charge in [0.1, 0.15) is 5.02 Å². The number of nitrogen functional groups attached to an aromatic ring is 2. The molecule has 0 unspecified atom stereocenters. The Morgan fingerprint density at radius 2 is 2.05 bits per heavy atom. The Morgan fingerprint density at radius 3 is 2.68 bits per heavy atom. The van der Waals surface area contributed by atoms with E-state index in [4.69, 9.17) is 23.1 Å². The van der Waals surface area contributed by atoms with Crippen molar-refractivity contribution in [3.63, 3.8) is 0 Å². The van der Waals surface area contributed by atoms with Crippen LogP contribution in [0, 0.1) is 5.82 Å². The SMILES string of the molecule is CN(Cc1ccccn1)c1c(N)cc(N)c(Cl)c1F. The number of hydrogen-bond donors (Lipinski definition) is 2. The summed E-state index contributed by atoms with van der Waals surface area (Å²) in [5.74, 6) is -0.613. The van der Waals surface area contributed by atoms with E-state index >= 15 is 0 Å². The highest BCUT2D eigenvalue weighted by Crippen LogP contribution is 2.36. The first kappa shape index (κ1) is 13.4. The largest absolute Gasteiger partial charge is 0.397 e. The number of nitrogens with zero attached hydrogens (tertiary/aromatic N) is 2. The number of pyridine rings is 1. The van der Waals surface area contributed by atoms with Crippen molar-refractivity contribution in [2.75, 3.05) is 23.4 Å². The Morgan fingerprint density at radius 1 is 1.32 bits per heavy atom. The second kappa shape index (κ2) is 5.32. The third kappa shape index (κ3) is 2.71. The van der Waals surface area contributed by atoms with Gasteiger partial charge in [-0.25, -0.2) is 4.39 Å². The Labute approximate surface area is 115 Å². The van der Waals surface area contributed by atoms with Crippen molar-refractivity contribution >= 4 is 28.7 Å². The molecule has 6 heteroatoms. The lowest BCUT2D eigenvalue weighted by molar-refractivity contribution is 0.623. The lowest BCUT2D eigenvalue weighted by Gasteiger charge is -2.22. The average molecular weight is 281 g/mol. The van der Waals surface area contributed by atoms with E-state index in [9.17, 15) is 4.39 Å². The van der Waals surface area contributed by atoms with Gasteiger partial charge in [-0.3, -0.25) is 4.98 Å². The molecule has 0 radical (unpaired) electrons. The minimum absolute atomic E-state index is 0.114. The van der Waals surface area contributed by atoms with Crippen LogP contribution in [0.3, 0.4) is 0 Å². The zero-order chi connectivity index (χ0) is 14.0. The highest BCUT2D eigenvalue weighted by atomic mass is 35.5. The van der Waals surface area contributed by atoms with E-state index in [0.717, 1.165) is 5.69 Å². The number of benzene rings is 1. The maximum absolute atomic E-state index is 14.1. The normalized spacial score (nSPS) is 10.5. The van der Waals surface area contributed by atoms with Crippen LogP contribution in [0.1, 0.15) is 5.69 Å². The maximum Gasteiger partial charge on any atom is 0.169 e. The molecule has 0 bridgehead atoms. The predicted molar refractivity (Wildman–Crippen MR) is 76.6 cm³/mol.